The lowest BCUT2D eigenvalue weighted by atomic mass is 10.1. The number of para-hydroxylation sites is 2. The highest BCUT2D eigenvalue weighted by atomic mass is 35.5. The van der Waals surface area contributed by atoms with Crippen LogP contribution in [0.2, 0.25) is 5.15 Å². The Bertz CT molecular complexity index is 1310. The summed E-state index contributed by atoms with van der Waals surface area (Å²) in [4.78, 5) is 8.64. The molecule has 0 fully saturated rings. The minimum absolute atomic E-state index is 0.0261. The zero-order chi connectivity index (χ0) is 20.3. The van der Waals surface area contributed by atoms with Crippen molar-refractivity contribution in [1.82, 2.24) is 9.97 Å². The van der Waals surface area contributed by atoms with Crippen LogP contribution in [0.4, 0.5) is 0 Å². The van der Waals surface area contributed by atoms with Gasteiger partial charge in [0.1, 0.15) is 5.69 Å². The van der Waals surface area contributed by atoms with Crippen molar-refractivity contribution in [2.45, 2.75) is 0 Å². The number of hydrogen-bond acceptors (Lipinski definition) is 2. The van der Waals surface area contributed by atoms with Gasteiger partial charge in [-0.2, -0.15) is 0 Å². The van der Waals surface area contributed by atoms with Gasteiger partial charge in [0.2, 0.25) is 0 Å². The van der Waals surface area contributed by atoms with E-state index in [1.165, 1.54) is 0 Å². The average Bonchev–Trinajstić information content (AvgIpc) is 2.67. The Hall–Kier alpha value is -2.45. The van der Waals surface area contributed by atoms with Crippen molar-refractivity contribution in [3.8, 4) is 11.3 Å². The van der Waals surface area contributed by atoms with Crippen LogP contribution in [-0.2, 0) is 0 Å². The third-order valence-electron chi connectivity index (χ3n) is 3.01. The lowest BCUT2D eigenvalue weighted by Gasteiger charge is -2.06. The van der Waals surface area contributed by atoms with E-state index < -0.39 is 36.3 Å². The predicted molar refractivity (Wildman–Crippen MR) is 87.5 cm³/mol. The number of fused-ring (bicyclic) bond motifs is 2. The standard InChI is InChI=1S/C18H11ClN2/c19-18-17(20-15-7-3-4-8-16(15)21-18)14-10-9-12-5-1-2-6-13(12)11-14/h1-11H/i1D,2D,5D,6D,9D,10D,11D. The highest BCUT2D eigenvalue weighted by Crippen LogP contribution is 2.29. The van der Waals surface area contributed by atoms with E-state index in [4.69, 9.17) is 21.2 Å². The fourth-order valence-corrected chi connectivity index (χ4v) is 2.27. The molecule has 0 aliphatic rings. The first-order valence-corrected chi connectivity index (χ1v) is 6.54. The Kier molecular flexibility index (Phi) is 1.61. The van der Waals surface area contributed by atoms with Gasteiger partial charge in [-0.25, -0.2) is 9.97 Å². The van der Waals surface area contributed by atoms with E-state index in [1.54, 1.807) is 24.3 Å². The summed E-state index contributed by atoms with van der Waals surface area (Å²) in [5.41, 5.74) is 0.953. The van der Waals surface area contributed by atoms with Crippen LogP contribution in [0.15, 0.2) is 66.6 Å². The van der Waals surface area contributed by atoms with Crippen LogP contribution in [0.25, 0.3) is 33.1 Å². The molecule has 0 saturated heterocycles. The topological polar surface area (TPSA) is 25.8 Å². The van der Waals surface area contributed by atoms with Crippen LogP contribution < -0.4 is 0 Å². The molecular formula is C18H11ClN2. The summed E-state index contributed by atoms with van der Waals surface area (Å²) in [6.45, 7) is 0. The van der Waals surface area contributed by atoms with Gasteiger partial charge in [0.15, 0.2) is 5.15 Å². The molecule has 0 spiro atoms. The second-order valence-corrected chi connectivity index (χ2v) is 4.71. The van der Waals surface area contributed by atoms with Crippen molar-refractivity contribution < 1.29 is 9.60 Å². The number of benzene rings is 3. The number of nitrogens with zero attached hydrogens (tertiary/aromatic N) is 2. The lowest BCUT2D eigenvalue weighted by Crippen LogP contribution is -1.91. The van der Waals surface area contributed by atoms with Crippen LogP contribution in [0.5, 0.6) is 0 Å². The first kappa shape index (κ1) is 7.01. The molecule has 1 heterocycles. The van der Waals surface area contributed by atoms with Crippen molar-refractivity contribution in [3.05, 3.63) is 71.7 Å². The van der Waals surface area contributed by atoms with E-state index in [-0.39, 0.29) is 33.2 Å². The Morgan fingerprint density at radius 3 is 2.38 bits per heavy atom. The molecule has 21 heavy (non-hydrogen) atoms. The second kappa shape index (κ2) is 4.83. The maximum Gasteiger partial charge on any atom is 0.156 e. The Morgan fingerprint density at radius 1 is 0.857 bits per heavy atom. The van der Waals surface area contributed by atoms with Crippen molar-refractivity contribution in [3.63, 3.8) is 0 Å². The van der Waals surface area contributed by atoms with Crippen LogP contribution in [0, 0.1) is 0 Å². The molecule has 0 amide bonds. The fourth-order valence-electron chi connectivity index (χ4n) is 2.04. The molecule has 3 heteroatoms. The van der Waals surface area contributed by atoms with Gasteiger partial charge < -0.3 is 0 Å². The Labute approximate surface area is 136 Å². The molecule has 3 aromatic carbocycles. The minimum atomic E-state index is -0.513. The van der Waals surface area contributed by atoms with Gasteiger partial charge >= 0.3 is 0 Å². The number of rotatable bonds is 1. The summed E-state index contributed by atoms with van der Waals surface area (Å²) < 4.78 is 57.1. The summed E-state index contributed by atoms with van der Waals surface area (Å²) in [6, 6.07) is 3.87. The molecule has 0 aliphatic carbocycles. The Morgan fingerprint density at radius 2 is 1.57 bits per heavy atom. The first-order chi connectivity index (χ1) is 13.2. The molecule has 0 saturated carbocycles. The molecule has 0 radical (unpaired) electrons. The van der Waals surface area contributed by atoms with Crippen LogP contribution in [-0.4, -0.2) is 9.97 Å². The molecule has 0 aliphatic heterocycles. The molecule has 0 N–H and O–H groups in total. The normalized spacial score (nSPS) is 15.8. The summed E-state index contributed by atoms with van der Waals surface area (Å²) >= 11 is 6.26. The maximum absolute atomic E-state index is 8.55. The molecule has 0 atom stereocenters. The monoisotopic (exact) mass is 297 g/mol. The second-order valence-electron chi connectivity index (χ2n) is 4.35. The lowest BCUT2D eigenvalue weighted by molar-refractivity contribution is 1.29. The zero-order valence-corrected chi connectivity index (χ0v) is 11.3. The van der Waals surface area contributed by atoms with E-state index in [1.807, 2.05) is 0 Å². The van der Waals surface area contributed by atoms with E-state index in [0.29, 0.717) is 11.0 Å². The van der Waals surface area contributed by atoms with E-state index >= 15 is 0 Å². The molecule has 0 unspecified atom stereocenters. The van der Waals surface area contributed by atoms with E-state index in [0.717, 1.165) is 0 Å². The van der Waals surface area contributed by atoms with Gasteiger partial charge in [-0.1, -0.05) is 60.0 Å². The molecule has 4 aromatic rings. The van der Waals surface area contributed by atoms with Crippen LogP contribution in [0.3, 0.4) is 0 Å². The first-order valence-electron chi connectivity index (χ1n) is 9.66. The summed E-state index contributed by atoms with van der Waals surface area (Å²) in [6.07, 6.45) is 0. The largest absolute Gasteiger partial charge is 0.243 e. The molecule has 4 rings (SSSR count). The SMILES string of the molecule is [2H]c1c([2H])c([2H])c2c([2H])c(-c3nc4ccccc4nc3Cl)c([2H])c([2H])c2c1[2H]. The third kappa shape index (κ3) is 2.14. The Balaban J connectivity index is 2.19. The number of aromatic nitrogens is 2. The number of halogens is 1. The van der Waals surface area contributed by atoms with Gasteiger partial charge in [0.05, 0.1) is 20.6 Å². The average molecular weight is 298 g/mol. The van der Waals surface area contributed by atoms with Gasteiger partial charge in [-0.15, -0.1) is 0 Å². The van der Waals surface area contributed by atoms with Crippen molar-refractivity contribution in [2.75, 3.05) is 0 Å². The fraction of sp³-hybridized carbons (Fsp3) is 0. The quantitative estimate of drug-likeness (QED) is 0.488. The van der Waals surface area contributed by atoms with Crippen molar-refractivity contribution in [1.29, 1.82) is 0 Å². The minimum Gasteiger partial charge on any atom is -0.243 e. The number of hydrogen-bond donors (Lipinski definition) is 0. The van der Waals surface area contributed by atoms with E-state index in [2.05, 4.69) is 9.97 Å². The summed E-state index contributed by atoms with van der Waals surface area (Å²) in [7, 11) is 0. The molecule has 2 nitrogen and oxygen atoms in total. The summed E-state index contributed by atoms with van der Waals surface area (Å²) in [5, 5.41) is -0.372. The smallest absolute Gasteiger partial charge is 0.156 e. The van der Waals surface area contributed by atoms with Gasteiger partial charge in [0, 0.05) is 5.56 Å². The van der Waals surface area contributed by atoms with Gasteiger partial charge in [-0.05, 0) is 28.9 Å². The summed E-state index contributed by atoms with van der Waals surface area (Å²) in [5.74, 6) is 0. The van der Waals surface area contributed by atoms with Crippen molar-refractivity contribution in [2.24, 2.45) is 0 Å². The zero-order valence-electron chi connectivity index (χ0n) is 17.6. The van der Waals surface area contributed by atoms with Crippen LogP contribution in [0.1, 0.15) is 9.60 Å². The highest BCUT2D eigenvalue weighted by Gasteiger charge is 2.09. The van der Waals surface area contributed by atoms with Crippen molar-refractivity contribution >= 4 is 33.4 Å². The van der Waals surface area contributed by atoms with Crippen LogP contribution >= 0.6 is 11.6 Å². The van der Waals surface area contributed by atoms with Gasteiger partial charge in [0.25, 0.3) is 0 Å². The highest BCUT2D eigenvalue weighted by molar-refractivity contribution is 6.32. The predicted octanol–water partition coefficient (Wildman–Crippen LogP) is 5.10. The van der Waals surface area contributed by atoms with E-state index in [9.17, 15) is 0 Å². The molecular weight excluding hydrogens is 280 g/mol. The third-order valence-corrected chi connectivity index (χ3v) is 3.28. The molecule has 100 valence electrons. The van der Waals surface area contributed by atoms with Gasteiger partial charge in [-0.3, -0.25) is 0 Å². The molecule has 0 bridgehead atoms. The molecule has 1 aromatic heterocycles. The maximum atomic E-state index is 8.55.